The molecule has 1 aliphatic heterocycles. The first-order chi connectivity index (χ1) is 10.5. The molecule has 118 valence electrons. The predicted octanol–water partition coefficient (Wildman–Crippen LogP) is 2.69. The molecule has 5 heteroatoms. The molecule has 0 amide bonds. The summed E-state index contributed by atoms with van der Waals surface area (Å²) in [5, 5.41) is 0. The van der Waals surface area contributed by atoms with Gasteiger partial charge in [-0.2, -0.15) is 0 Å². The highest BCUT2D eigenvalue weighted by molar-refractivity contribution is 7.89. The number of sulfonamides is 1. The summed E-state index contributed by atoms with van der Waals surface area (Å²) in [6, 6.07) is 8.38. The zero-order valence-electron chi connectivity index (χ0n) is 13.1. The number of nitrogens with one attached hydrogen (secondary N) is 1. The lowest BCUT2D eigenvalue weighted by Crippen LogP contribution is -2.20. The summed E-state index contributed by atoms with van der Waals surface area (Å²) in [6.45, 7) is 6.12. The minimum atomic E-state index is -3.50. The molecular weight excluding hydrogens is 296 g/mol. The summed E-state index contributed by atoms with van der Waals surface area (Å²) in [4.78, 5) is 0.268. The van der Waals surface area contributed by atoms with Crippen molar-refractivity contribution in [1.29, 1.82) is 0 Å². The van der Waals surface area contributed by atoms with Gasteiger partial charge in [0.05, 0.1) is 4.90 Å². The average molecular weight is 319 g/mol. The van der Waals surface area contributed by atoms with Crippen molar-refractivity contribution >= 4 is 15.7 Å². The van der Waals surface area contributed by atoms with Crippen LogP contribution in [0.15, 0.2) is 59.2 Å². The van der Waals surface area contributed by atoms with Gasteiger partial charge in [0.2, 0.25) is 5.71 Å². The summed E-state index contributed by atoms with van der Waals surface area (Å²) < 4.78 is 29.1. The van der Waals surface area contributed by atoms with E-state index in [-0.39, 0.29) is 4.90 Å². The van der Waals surface area contributed by atoms with Crippen molar-refractivity contribution in [2.45, 2.75) is 31.6 Å². The van der Waals surface area contributed by atoms with E-state index in [1.165, 1.54) is 24.6 Å². The van der Waals surface area contributed by atoms with E-state index in [9.17, 15) is 8.42 Å². The Hall–Kier alpha value is -1.88. The Morgan fingerprint density at radius 1 is 1.14 bits per heavy atom. The highest BCUT2D eigenvalue weighted by Gasteiger charge is 2.17. The van der Waals surface area contributed by atoms with Crippen LogP contribution in [-0.4, -0.2) is 31.8 Å². The van der Waals surface area contributed by atoms with Gasteiger partial charge in [0.15, 0.2) is 0 Å². The van der Waals surface area contributed by atoms with Crippen LogP contribution in [0.3, 0.4) is 0 Å². The van der Waals surface area contributed by atoms with Crippen LogP contribution in [0.2, 0.25) is 0 Å². The Bertz CT molecular complexity index is 689. The van der Waals surface area contributed by atoms with Gasteiger partial charge in [0.25, 0.3) is 10.0 Å². The second-order valence-electron chi connectivity index (χ2n) is 5.61. The fourth-order valence-corrected chi connectivity index (χ4v) is 3.29. The van der Waals surface area contributed by atoms with Gasteiger partial charge in [-0.3, -0.25) is 4.72 Å². The van der Waals surface area contributed by atoms with Crippen molar-refractivity contribution in [2.75, 3.05) is 13.1 Å². The van der Waals surface area contributed by atoms with Crippen LogP contribution in [0, 0.1) is 0 Å². The minimum Gasteiger partial charge on any atom is -0.286 e. The Morgan fingerprint density at radius 2 is 1.77 bits per heavy atom. The monoisotopic (exact) mass is 319 g/mol. The Kier molecular flexibility index (Phi) is 5.55. The van der Waals surface area contributed by atoms with E-state index in [4.69, 9.17) is 0 Å². The first-order valence-electron chi connectivity index (χ1n) is 7.50. The smallest absolute Gasteiger partial charge is 0.261 e. The fourth-order valence-electron chi connectivity index (χ4n) is 2.39. The topological polar surface area (TPSA) is 49.2 Å². The van der Waals surface area contributed by atoms with Gasteiger partial charge < -0.3 is 0 Å². The molecule has 1 aromatic rings. The second-order valence-corrected chi connectivity index (χ2v) is 7.32. The molecule has 1 fully saturated rings. The molecule has 0 radical (unpaired) electrons. The Labute approximate surface area is 132 Å². The third-order valence-corrected chi connectivity index (χ3v) is 4.78. The van der Waals surface area contributed by atoms with Crippen molar-refractivity contribution in [3.8, 4) is 0 Å². The van der Waals surface area contributed by atoms with E-state index in [0.717, 1.165) is 18.8 Å². The Morgan fingerprint density at radius 3 is 2.36 bits per heavy atom. The third kappa shape index (κ3) is 4.56. The van der Waals surface area contributed by atoms with Crippen LogP contribution in [0.4, 0.5) is 0 Å². The zero-order chi connectivity index (χ0) is 16.0. The molecule has 1 saturated heterocycles. The molecule has 0 unspecified atom stereocenters. The molecule has 1 N–H and O–H groups in total. The van der Waals surface area contributed by atoms with Crippen molar-refractivity contribution in [2.24, 2.45) is 0 Å². The largest absolute Gasteiger partial charge is 0.286 e. The number of hydrogen-bond acceptors (Lipinski definition) is 2. The molecule has 0 bridgehead atoms. The van der Waals surface area contributed by atoms with E-state index in [2.05, 4.69) is 15.4 Å². The Balaban J connectivity index is 2.16. The molecule has 4 nitrogen and oxygen atoms in total. The second kappa shape index (κ2) is 7.40. The molecule has 0 aliphatic carbocycles. The van der Waals surface area contributed by atoms with Crippen LogP contribution in [0.25, 0.3) is 0 Å². The molecule has 0 spiro atoms. The molecule has 2 rings (SSSR count). The summed E-state index contributed by atoms with van der Waals surface area (Å²) >= 11 is 0. The summed E-state index contributed by atoms with van der Waals surface area (Å²) in [5.74, 6) is 0. The van der Waals surface area contributed by atoms with E-state index in [0.29, 0.717) is 0 Å². The van der Waals surface area contributed by atoms with Crippen molar-refractivity contribution < 1.29 is 13.0 Å². The molecular formula is C17H23N2O2S+. The van der Waals surface area contributed by atoms with Gasteiger partial charge in [-0.05, 0) is 26.0 Å². The quantitative estimate of drug-likeness (QED) is 0.848. The number of nitrogens with zero attached hydrogens (tertiary/aromatic N) is 1. The third-order valence-electron chi connectivity index (χ3n) is 3.44. The SMILES string of the molecule is CC(C)=CC(/C=C\NS(=O)(=O)c1ccccc1)=[N+]1CCCC1. The van der Waals surface area contributed by atoms with E-state index in [1.54, 1.807) is 30.3 Å². The number of rotatable bonds is 5. The fraction of sp³-hybridized carbons (Fsp3) is 0.353. The van der Waals surface area contributed by atoms with Gasteiger partial charge in [-0.25, -0.2) is 13.0 Å². The highest BCUT2D eigenvalue weighted by Crippen LogP contribution is 2.08. The minimum absolute atomic E-state index is 0.268. The van der Waals surface area contributed by atoms with Crippen LogP contribution < -0.4 is 4.72 Å². The number of allylic oxidation sites excluding steroid dienone is 3. The number of hydrogen-bond donors (Lipinski definition) is 1. The van der Waals surface area contributed by atoms with Crippen LogP contribution in [0.5, 0.6) is 0 Å². The summed E-state index contributed by atoms with van der Waals surface area (Å²) in [5.41, 5.74) is 2.24. The molecule has 0 aromatic heterocycles. The van der Waals surface area contributed by atoms with Crippen molar-refractivity contribution in [1.82, 2.24) is 4.72 Å². The lowest BCUT2D eigenvalue weighted by atomic mass is 10.2. The van der Waals surface area contributed by atoms with E-state index < -0.39 is 10.0 Å². The first kappa shape index (κ1) is 16.5. The summed E-state index contributed by atoms with van der Waals surface area (Å²) in [6.07, 6.45) is 7.79. The molecule has 22 heavy (non-hydrogen) atoms. The van der Waals surface area contributed by atoms with Gasteiger partial charge >= 0.3 is 0 Å². The first-order valence-corrected chi connectivity index (χ1v) is 8.98. The maximum absolute atomic E-state index is 12.2. The van der Waals surface area contributed by atoms with Crippen LogP contribution in [-0.2, 0) is 10.0 Å². The molecule has 0 saturated carbocycles. The maximum Gasteiger partial charge on any atom is 0.261 e. The zero-order valence-corrected chi connectivity index (χ0v) is 13.9. The van der Waals surface area contributed by atoms with Gasteiger partial charge in [0, 0.05) is 31.2 Å². The standard InChI is InChI=1S/C17H22N2O2S/c1-15(2)14-16(19-12-6-7-13-19)10-11-18-22(20,21)17-8-4-3-5-9-17/h3-5,8-11,14H,6-7,12-13H2,1-2H3/p+1. The van der Waals surface area contributed by atoms with Crippen LogP contribution in [0.1, 0.15) is 26.7 Å². The molecule has 0 atom stereocenters. The van der Waals surface area contributed by atoms with Gasteiger partial charge in [0.1, 0.15) is 13.1 Å². The summed E-state index contributed by atoms with van der Waals surface area (Å²) in [7, 11) is -3.50. The van der Waals surface area contributed by atoms with E-state index in [1.807, 2.05) is 19.9 Å². The molecule has 1 heterocycles. The highest BCUT2D eigenvalue weighted by atomic mass is 32.2. The normalized spacial score (nSPS) is 15.1. The van der Waals surface area contributed by atoms with Crippen molar-refractivity contribution in [3.63, 3.8) is 0 Å². The van der Waals surface area contributed by atoms with Crippen molar-refractivity contribution in [3.05, 3.63) is 54.3 Å². The molecule has 1 aliphatic rings. The lowest BCUT2D eigenvalue weighted by Gasteiger charge is -2.03. The van der Waals surface area contributed by atoms with E-state index >= 15 is 0 Å². The van der Waals surface area contributed by atoms with Crippen LogP contribution >= 0.6 is 0 Å². The van der Waals surface area contributed by atoms with Gasteiger partial charge in [-0.15, -0.1) is 0 Å². The predicted molar refractivity (Wildman–Crippen MR) is 89.6 cm³/mol. The average Bonchev–Trinajstić information content (AvgIpc) is 3.01. The number of benzene rings is 1. The maximum atomic E-state index is 12.2. The van der Waals surface area contributed by atoms with Gasteiger partial charge in [-0.1, -0.05) is 23.8 Å². The molecule has 1 aromatic carbocycles. The lowest BCUT2D eigenvalue weighted by molar-refractivity contribution is -0.504.